The Morgan fingerprint density at radius 2 is 1.74 bits per heavy atom. The molecule has 1 aromatic carbocycles. The van der Waals surface area contributed by atoms with Crippen LogP contribution in [0.25, 0.3) is 6.08 Å². The predicted molar refractivity (Wildman–Crippen MR) is 88.2 cm³/mol. The Morgan fingerprint density at radius 3 is 2.30 bits per heavy atom. The number of anilines is 1. The summed E-state index contributed by atoms with van der Waals surface area (Å²) < 4.78 is 68.2. The number of halogens is 5. The van der Waals surface area contributed by atoms with Crippen molar-refractivity contribution in [3.05, 3.63) is 53.9 Å². The van der Waals surface area contributed by atoms with Crippen LogP contribution < -0.4 is 5.01 Å². The van der Waals surface area contributed by atoms with Crippen molar-refractivity contribution >= 4 is 23.4 Å². The summed E-state index contributed by atoms with van der Waals surface area (Å²) in [6.07, 6.45) is -3.50. The molecule has 3 rings (SSSR count). The average Bonchev–Trinajstić information content (AvgIpc) is 3.20. The average molecular weight is 384 g/mol. The molecule has 1 aromatic heterocycles. The summed E-state index contributed by atoms with van der Waals surface area (Å²) in [5, 5.41) is 7.83. The number of hydrazone groups is 1. The van der Waals surface area contributed by atoms with E-state index >= 15 is 0 Å². The highest BCUT2D eigenvalue weighted by atomic mass is 19.4. The number of hydrogen-bond donors (Lipinski definition) is 0. The van der Waals surface area contributed by atoms with Gasteiger partial charge in [-0.05, 0) is 31.2 Å². The summed E-state index contributed by atoms with van der Waals surface area (Å²) in [5.41, 5.74) is -2.38. The van der Waals surface area contributed by atoms with Gasteiger partial charge in [-0.1, -0.05) is 18.2 Å². The molecule has 1 aliphatic heterocycles. The third-order valence-electron chi connectivity index (χ3n) is 3.81. The molecule has 0 radical (unpaired) electrons. The van der Waals surface area contributed by atoms with Crippen molar-refractivity contribution in [2.45, 2.75) is 25.6 Å². The van der Waals surface area contributed by atoms with Gasteiger partial charge in [-0.25, -0.2) is 0 Å². The first kappa shape index (κ1) is 18.7. The van der Waals surface area contributed by atoms with E-state index < -0.39 is 29.3 Å². The van der Waals surface area contributed by atoms with Gasteiger partial charge >= 0.3 is 12.1 Å². The molecule has 2 aromatic rings. The predicted octanol–water partition coefficient (Wildman–Crippen LogP) is 3.89. The molecular formula is C17H13F5N4O. The van der Waals surface area contributed by atoms with E-state index in [0.29, 0.717) is 11.6 Å². The first-order valence-corrected chi connectivity index (χ1v) is 7.84. The fourth-order valence-electron chi connectivity index (χ4n) is 2.43. The van der Waals surface area contributed by atoms with E-state index in [0.717, 1.165) is 6.08 Å². The molecule has 0 bridgehead atoms. The van der Waals surface area contributed by atoms with Crippen LogP contribution in [0.5, 0.6) is 0 Å². The lowest BCUT2D eigenvalue weighted by molar-refractivity contribution is -0.248. The van der Waals surface area contributed by atoms with Crippen molar-refractivity contribution in [3.63, 3.8) is 0 Å². The van der Waals surface area contributed by atoms with Gasteiger partial charge in [-0.3, -0.25) is 9.48 Å². The van der Waals surface area contributed by atoms with E-state index in [4.69, 9.17) is 0 Å². The zero-order valence-electron chi connectivity index (χ0n) is 13.9. The van der Waals surface area contributed by atoms with E-state index in [2.05, 4.69) is 10.2 Å². The minimum atomic E-state index is -5.90. The molecular weight excluding hydrogens is 371 g/mol. The molecule has 2 heterocycles. The van der Waals surface area contributed by atoms with Crippen LogP contribution in [0.2, 0.25) is 0 Å². The molecule has 142 valence electrons. The lowest BCUT2D eigenvalue weighted by Gasteiger charge is -2.19. The number of hydrogen-bond acceptors (Lipinski definition) is 3. The maximum atomic E-state index is 14.0. The molecule has 27 heavy (non-hydrogen) atoms. The highest BCUT2D eigenvalue weighted by Gasteiger charge is 2.64. The van der Waals surface area contributed by atoms with Crippen LogP contribution in [0.4, 0.5) is 27.6 Å². The van der Waals surface area contributed by atoms with E-state index in [1.807, 2.05) is 0 Å². The number of aromatic nitrogens is 2. The Balaban J connectivity index is 2.12. The summed E-state index contributed by atoms with van der Waals surface area (Å²) in [7, 11) is 0. The van der Waals surface area contributed by atoms with Gasteiger partial charge in [0.1, 0.15) is 0 Å². The van der Waals surface area contributed by atoms with Gasteiger partial charge in [0.15, 0.2) is 5.71 Å². The number of nitrogens with zero attached hydrogens (tertiary/aromatic N) is 4. The zero-order valence-corrected chi connectivity index (χ0v) is 13.9. The van der Waals surface area contributed by atoms with Crippen LogP contribution in [-0.4, -0.2) is 33.5 Å². The number of carbonyl (C=O) groups is 1. The second-order valence-electron chi connectivity index (χ2n) is 5.63. The van der Waals surface area contributed by atoms with Crippen LogP contribution in [0, 0.1) is 0 Å². The van der Waals surface area contributed by atoms with Gasteiger partial charge in [0.25, 0.3) is 5.91 Å². The third-order valence-corrected chi connectivity index (χ3v) is 3.81. The molecule has 0 fully saturated rings. The smallest absolute Gasteiger partial charge is 0.272 e. The number of para-hydroxylation sites is 1. The second-order valence-corrected chi connectivity index (χ2v) is 5.63. The normalized spacial score (nSPS) is 17.0. The summed E-state index contributed by atoms with van der Waals surface area (Å²) in [6.45, 7) is 2.24. The molecule has 0 N–H and O–H groups in total. The number of rotatable bonds is 4. The monoisotopic (exact) mass is 384 g/mol. The lowest BCUT2D eigenvalue weighted by atomic mass is 10.0. The Bertz CT molecular complexity index is 915. The molecule has 0 atom stereocenters. The van der Waals surface area contributed by atoms with Crippen LogP contribution in [0.1, 0.15) is 12.6 Å². The molecule has 0 saturated heterocycles. The number of carbonyl (C=O) groups excluding carboxylic acids is 1. The summed E-state index contributed by atoms with van der Waals surface area (Å²) in [5.74, 6) is -6.39. The summed E-state index contributed by atoms with van der Waals surface area (Å²) >= 11 is 0. The van der Waals surface area contributed by atoms with Crippen LogP contribution in [-0.2, 0) is 11.3 Å². The van der Waals surface area contributed by atoms with E-state index in [1.54, 1.807) is 13.0 Å². The second kappa shape index (κ2) is 6.60. The molecule has 0 spiro atoms. The van der Waals surface area contributed by atoms with Crippen molar-refractivity contribution in [1.82, 2.24) is 9.78 Å². The van der Waals surface area contributed by atoms with Gasteiger partial charge < -0.3 is 0 Å². The number of benzene rings is 1. The van der Waals surface area contributed by atoms with Gasteiger partial charge in [0, 0.05) is 12.7 Å². The van der Waals surface area contributed by atoms with Gasteiger partial charge in [-0.15, -0.1) is 0 Å². The van der Waals surface area contributed by atoms with Crippen molar-refractivity contribution in [3.8, 4) is 0 Å². The quantitative estimate of drug-likeness (QED) is 0.593. The van der Waals surface area contributed by atoms with Crippen molar-refractivity contribution in [2.75, 3.05) is 5.01 Å². The molecule has 1 amide bonds. The lowest BCUT2D eigenvalue weighted by Crippen LogP contribution is -2.44. The minimum absolute atomic E-state index is 0.0699. The topological polar surface area (TPSA) is 50.5 Å². The highest BCUT2D eigenvalue weighted by Crippen LogP contribution is 2.41. The molecule has 10 heteroatoms. The largest absolute Gasteiger partial charge is 0.459 e. The fourth-order valence-corrected chi connectivity index (χ4v) is 2.43. The number of alkyl halides is 5. The van der Waals surface area contributed by atoms with Crippen molar-refractivity contribution in [2.24, 2.45) is 5.10 Å². The summed E-state index contributed by atoms with van der Waals surface area (Å²) in [6, 6.07) is 8.76. The van der Waals surface area contributed by atoms with Crippen LogP contribution in [0.15, 0.2) is 53.3 Å². The Morgan fingerprint density at radius 1 is 1.07 bits per heavy atom. The summed E-state index contributed by atoms with van der Waals surface area (Å²) in [4.78, 5) is 12.6. The van der Waals surface area contributed by atoms with Crippen molar-refractivity contribution < 1.29 is 26.7 Å². The van der Waals surface area contributed by atoms with Gasteiger partial charge in [0.2, 0.25) is 0 Å². The zero-order chi connectivity index (χ0) is 19.8. The maximum Gasteiger partial charge on any atom is 0.459 e. The Kier molecular flexibility index (Phi) is 4.58. The molecule has 1 aliphatic rings. The minimum Gasteiger partial charge on any atom is -0.272 e. The molecule has 0 saturated carbocycles. The first-order valence-electron chi connectivity index (χ1n) is 7.84. The van der Waals surface area contributed by atoms with E-state index in [-0.39, 0.29) is 11.4 Å². The highest BCUT2D eigenvalue weighted by molar-refractivity contribution is 6.34. The fraction of sp³-hybridized carbons (Fsp3) is 0.235. The maximum absolute atomic E-state index is 14.0. The Labute approximate surface area is 150 Å². The van der Waals surface area contributed by atoms with E-state index in [9.17, 15) is 26.7 Å². The molecule has 5 nitrogen and oxygen atoms in total. The number of amides is 1. The Hall–Kier alpha value is -3.04. The van der Waals surface area contributed by atoms with Crippen LogP contribution in [0.3, 0.4) is 0 Å². The van der Waals surface area contributed by atoms with Gasteiger partial charge in [0.05, 0.1) is 17.0 Å². The third kappa shape index (κ3) is 3.34. The standard InChI is InChI=1S/C17H13F5N4O/c1-2-25-9-8-11(23-25)10-13-14(16(18,19)17(20,21)22)24-26(15(13)27)12-6-4-3-5-7-12/h3-10H,2H2,1H3. The van der Waals surface area contributed by atoms with Crippen molar-refractivity contribution in [1.29, 1.82) is 0 Å². The number of aryl methyl sites for hydroxylation is 1. The SMILES string of the molecule is CCn1ccc(C=C2C(=O)N(c3ccccc3)N=C2C(F)(F)C(F)(F)F)n1. The molecule has 0 unspecified atom stereocenters. The first-order chi connectivity index (χ1) is 12.6. The molecule has 0 aliphatic carbocycles. The van der Waals surface area contributed by atoms with E-state index in [1.165, 1.54) is 41.2 Å². The van der Waals surface area contributed by atoms with Crippen LogP contribution >= 0.6 is 0 Å². The van der Waals surface area contributed by atoms with Gasteiger partial charge in [-0.2, -0.15) is 37.2 Å².